The van der Waals surface area contributed by atoms with E-state index in [2.05, 4.69) is 0 Å². The molecule has 25 heavy (non-hydrogen) atoms. The zero-order valence-electron chi connectivity index (χ0n) is 13.2. The van der Waals surface area contributed by atoms with Crippen molar-refractivity contribution >= 4 is 29.1 Å². The third kappa shape index (κ3) is 2.92. The summed E-state index contributed by atoms with van der Waals surface area (Å²) in [7, 11) is 0. The highest BCUT2D eigenvalue weighted by Gasteiger charge is 2.42. The van der Waals surface area contributed by atoms with Crippen molar-refractivity contribution in [2.75, 3.05) is 9.96 Å². The first kappa shape index (κ1) is 15.5. The highest BCUT2D eigenvalue weighted by Crippen LogP contribution is 2.39. The molecule has 0 spiro atoms. The Kier molecular flexibility index (Phi) is 4.04. The van der Waals surface area contributed by atoms with E-state index in [0.29, 0.717) is 10.7 Å². The number of hydrogen-bond acceptors (Lipinski definition) is 3. The third-order valence-electron chi connectivity index (χ3n) is 4.03. The number of benzene rings is 3. The first-order valence-corrected chi connectivity index (χ1v) is 8.28. The topological polar surface area (TPSA) is 32.8 Å². The van der Waals surface area contributed by atoms with Gasteiger partial charge in [0.1, 0.15) is 0 Å². The molecular formula is C20H15ClN2O2. The standard InChI is InChI=1S/C20H15ClN2O2/c21-16-10-7-13-18(14-16)22-19(15-8-3-1-4-9-15)23(25-20(22)24)17-11-5-2-6-12-17/h1-14,19H. The molecule has 1 aliphatic heterocycles. The first-order valence-electron chi connectivity index (χ1n) is 7.90. The number of rotatable bonds is 3. The van der Waals surface area contributed by atoms with Gasteiger partial charge in [-0.25, -0.2) is 9.69 Å². The van der Waals surface area contributed by atoms with Crippen molar-refractivity contribution in [3.63, 3.8) is 0 Å². The predicted octanol–water partition coefficient (Wildman–Crippen LogP) is 5.42. The van der Waals surface area contributed by atoms with Crippen molar-refractivity contribution in [1.29, 1.82) is 0 Å². The molecule has 0 aromatic heterocycles. The number of carbonyl (C=O) groups excluding carboxylic acids is 1. The molecule has 1 atom stereocenters. The minimum atomic E-state index is -0.444. The van der Waals surface area contributed by atoms with E-state index in [1.807, 2.05) is 72.8 Å². The molecule has 3 aromatic carbocycles. The van der Waals surface area contributed by atoms with Crippen LogP contribution in [0, 0.1) is 0 Å². The highest BCUT2D eigenvalue weighted by molar-refractivity contribution is 6.30. The number of hydrogen-bond donors (Lipinski definition) is 0. The van der Waals surface area contributed by atoms with Gasteiger partial charge < -0.3 is 4.84 Å². The molecule has 4 rings (SSSR count). The number of amides is 1. The van der Waals surface area contributed by atoms with Crippen LogP contribution in [0.1, 0.15) is 11.7 Å². The lowest BCUT2D eigenvalue weighted by Crippen LogP contribution is -2.31. The van der Waals surface area contributed by atoms with Crippen molar-refractivity contribution in [2.24, 2.45) is 0 Å². The van der Waals surface area contributed by atoms with Gasteiger partial charge in [-0.3, -0.25) is 0 Å². The van der Waals surface area contributed by atoms with Gasteiger partial charge in [0.05, 0.1) is 11.4 Å². The summed E-state index contributed by atoms with van der Waals surface area (Å²) >= 11 is 6.13. The molecule has 0 radical (unpaired) electrons. The molecule has 3 aromatic rings. The number of carbonyl (C=O) groups is 1. The quantitative estimate of drug-likeness (QED) is 0.632. The van der Waals surface area contributed by atoms with Crippen molar-refractivity contribution in [1.82, 2.24) is 0 Å². The lowest BCUT2D eigenvalue weighted by atomic mass is 10.1. The Morgan fingerprint density at radius 3 is 2.12 bits per heavy atom. The summed E-state index contributed by atoms with van der Waals surface area (Å²) in [5, 5.41) is 2.19. The predicted molar refractivity (Wildman–Crippen MR) is 98.5 cm³/mol. The van der Waals surface area contributed by atoms with Crippen LogP contribution in [-0.2, 0) is 4.84 Å². The molecular weight excluding hydrogens is 336 g/mol. The second kappa shape index (κ2) is 6.49. The first-order chi connectivity index (χ1) is 12.2. The molecule has 1 amide bonds. The van der Waals surface area contributed by atoms with Crippen LogP contribution < -0.4 is 9.96 Å². The fourth-order valence-corrected chi connectivity index (χ4v) is 3.12. The van der Waals surface area contributed by atoms with Crippen LogP contribution in [0.15, 0.2) is 84.9 Å². The Balaban J connectivity index is 1.83. The van der Waals surface area contributed by atoms with E-state index in [9.17, 15) is 4.79 Å². The van der Waals surface area contributed by atoms with E-state index >= 15 is 0 Å². The largest absolute Gasteiger partial charge is 0.440 e. The Morgan fingerprint density at radius 1 is 0.800 bits per heavy atom. The van der Waals surface area contributed by atoms with Gasteiger partial charge >= 0.3 is 6.09 Å². The smallest absolute Gasteiger partial charge is 0.319 e. The normalized spacial score (nSPS) is 16.8. The van der Waals surface area contributed by atoms with Crippen molar-refractivity contribution in [3.8, 4) is 0 Å². The fraction of sp³-hybridized carbons (Fsp3) is 0.0500. The number of halogens is 1. The van der Waals surface area contributed by atoms with Crippen LogP contribution in [0.4, 0.5) is 16.2 Å². The Hall–Kier alpha value is -2.98. The van der Waals surface area contributed by atoms with Crippen LogP contribution in [0.3, 0.4) is 0 Å². The van der Waals surface area contributed by atoms with Gasteiger partial charge in [-0.15, -0.1) is 0 Å². The zero-order valence-corrected chi connectivity index (χ0v) is 14.0. The average molecular weight is 351 g/mol. The van der Waals surface area contributed by atoms with Gasteiger partial charge in [-0.2, -0.15) is 5.06 Å². The lowest BCUT2D eigenvalue weighted by molar-refractivity contribution is 0.164. The maximum absolute atomic E-state index is 12.7. The Morgan fingerprint density at radius 2 is 1.44 bits per heavy atom. The molecule has 124 valence electrons. The number of anilines is 2. The molecule has 0 N–H and O–H groups in total. The van der Waals surface area contributed by atoms with Crippen LogP contribution >= 0.6 is 11.6 Å². The van der Waals surface area contributed by atoms with Gasteiger partial charge in [-0.1, -0.05) is 66.2 Å². The summed E-state index contributed by atoms with van der Waals surface area (Å²) < 4.78 is 0. The van der Waals surface area contributed by atoms with Crippen molar-refractivity contribution < 1.29 is 9.63 Å². The fourth-order valence-electron chi connectivity index (χ4n) is 2.93. The second-order valence-electron chi connectivity index (χ2n) is 5.65. The summed E-state index contributed by atoms with van der Waals surface area (Å²) in [5.74, 6) is 0. The van der Waals surface area contributed by atoms with Crippen LogP contribution in [0.25, 0.3) is 0 Å². The SMILES string of the molecule is O=C1ON(c2ccccc2)C(c2ccccc2)N1c1cccc(Cl)c1. The van der Waals surface area contributed by atoms with Crippen LogP contribution in [0.5, 0.6) is 0 Å². The van der Waals surface area contributed by atoms with E-state index in [1.54, 1.807) is 22.1 Å². The van der Waals surface area contributed by atoms with E-state index in [4.69, 9.17) is 16.4 Å². The van der Waals surface area contributed by atoms with Gasteiger partial charge in [0.25, 0.3) is 0 Å². The van der Waals surface area contributed by atoms with Crippen LogP contribution in [-0.4, -0.2) is 6.09 Å². The Labute approximate surface area is 150 Å². The molecule has 0 saturated carbocycles. The van der Waals surface area contributed by atoms with Crippen molar-refractivity contribution in [2.45, 2.75) is 6.17 Å². The molecule has 1 unspecified atom stereocenters. The Bertz CT molecular complexity index is 886. The highest BCUT2D eigenvalue weighted by atomic mass is 35.5. The molecule has 1 fully saturated rings. The summed E-state index contributed by atoms with van der Waals surface area (Å²) in [6.07, 6.45) is -0.866. The third-order valence-corrected chi connectivity index (χ3v) is 4.27. The van der Waals surface area contributed by atoms with Gasteiger partial charge in [0, 0.05) is 5.02 Å². The van der Waals surface area contributed by atoms with Gasteiger partial charge in [-0.05, 0) is 35.9 Å². The molecule has 4 nitrogen and oxygen atoms in total. The summed E-state index contributed by atoms with van der Waals surface area (Å²) in [6.45, 7) is 0. The van der Waals surface area contributed by atoms with E-state index in [-0.39, 0.29) is 0 Å². The number of hydroxylamine groups is 1. The average Bonchev–Trinajstić information content (AvgIpc) is 3.00. The van der Waals surface area contributed by atoms with Crippen molar-refractivity contribution in [3.05, 3.63) is 95.5 Å². The lowest BCUT2D eigenvalue weighted by Gasteiger charge is -2.27. The summed E-state index contributed by atoms with van der Waals surface area (Å²) in [4.78, 5) is 19.9. The summed E-state index contributed by atoms with van der Waals surface area (Å²) in [5.41, 5.74) is 2.43. The second-order valence-corrected chi connectivity index (χ2v) is 6.09. The molecule has 1 heterocycles. The monoisotopic (exact) mass is 350 g/mol. The molecule has 1 saturated heterocycles. The van der Waals surface area contributed by atoms with E-state index in [0.717, 1.165) is 11.3 Å². The molecule has 5 heteroatoms. The number of nitrogens with zero attached hydrogens (tertiary/aromatic N) is 2. The van der Waals surface area contributed by atoms with E-state index in [1.165, 1.54) is 0 Å². The maximum Gasteiger partial charge on any atom is 0.440 e. The minimum Gasteiger partial charge on any atom is -0.319 e. The maximum atomic E-state index is 12.7. The molecule has 0 bridgehead atoms. The summed E-state index contributed by atoms with van der Waals surface area (Å²) in [6, 6.07) is 26.5. The van der Waals surface area contributed by atoms with Gasteiger partial charge in [0.2, 0.25) is 0 Å². The van der Waals surface area contributed by atoms with Crippen LogP contribution in [0.2, 0.25) is 5.02 Å². The van der Waals surface area contributed by atoms with E-state index < -0.39 is 12.3 Å². The molecule has 1 aliphatic rings. The molecule has 0 aliphatic carbocycles. The zero-order chi connectivity index (χ0) is 17.2. The van der Waals surface area contributed by atoms with Gasteiger partial charge in [0.15, 0.2) is 6.17 Å². The minimum absolute atomic E-state index is 0.422. The number of para-hydroxylation sites is 1.